The van der Waals surface area contributed by atoms with Crippen LogP contribution in [-0.2, 0) is 20.7 Å². The summed E-state index contributed by atoms with van der Waals surface area (Å²) in [4.78, 5) is 36.8. The zero-order valence-corrected chi connectivity index (χ0v) is 18.9. The van der Waals surface area contributed by atoms with Gasteiger partial charge >= 0.3 is 12.1 Å². The van der Waals surface area contributed by atoms with Crippen LogP contribution < -0.4 is 10.6 Å². The number of amides is 2. The molecule has 0 saturated heterocycles. The lowest BCUT2D eigenvalue weighted by molar-refractivity contribution is -0.143. The van der Waals surface area contributed by atoms with Gasteiger partial charge in [0.2, 0.25) is 5.91 Å². The lowest BCUT2D eigenvalue weighted by atomic mass is 9.98. The normalized spacial score (nSPS) is 13.7. The van der Waals surface area contributed by atoms with Crippen LogP contribution in [0.15, 0.2) is 78.9 Å². The molecule has 3 aromatic rings. The van der Waals surface area contributed by atoms with Crippen LogP contribution in [0.5, 0.6) is 0 Å². The number of carboxylic acids is 1. The second-order valence-corrected chi connectivity index (χ2v) is 8.29. The molecule has 0 bridgehead atoms. The number of fused-ring (bicyclic) bond motifs is 3. The summed E-state index contributed by atoms with van der Waals surface area (Å²) >= 11 is 0. The standard InChI is InChI=1S/C27H26N2O6/c30-15-24(26(32)33)28-25(31)23(14-17-8-2-1-3-9-17)29-27(34)35-16-22-20-12-6-4-10-18(20)19-11-5-7-13-21(19)22/h1-13,22-24,30H,14-16H2,(H,28,31)(H,29,34)(H,32,33). The van der Waals surface area contributed by atoms with Crippen molar-refractivity contribution in [2.75, 3.05) is 13.2 Å². The van der Waals surface area contributed by atoms with Gasteiger partial charge in [-0.3, -0.25) is 4.79 Å². The number of hydrogen-bond acceptors (Lipinski definition) is 5. The number of alkyl carbamates (subject to hydrolysis) is 1. The van der Waals surface area contributed by atoms with Gasteiger partial charge in [-0.15, -0.1) is 0 Å². The van der Waals surface area contributed by atoms with Gasteiger partial charge in [0.15, 0.2) is 0 Å². The summed E-state index contributed by atoms with van der Waals surface area (Å²) in [6, 6.07) is 22.3. The van der Waals surface area contributed by atoms with Gasteiger partial charge in [0, 0.05) is 12.3 Å². The molecule has 2 atom stereocenters. The first-order chi connectivity index (χ1) is 17.0. The van der Waals surface area contributed by atoms with E-state index in [0.29, 0.717) is 0 Å². The van der Waals surface area contributed by atoms with Gasteiger partial charge in [-0.25, -0.2) is 9.59 Å². The molecule has 8 heteroatoms. The molecule has 3 aromatic carbocycles. The highest BCUT2D eigenvalue weighted by Crippen LogP contribution is 2.44. The van der Waals surface area contributed by atoms with Crippen molar-refractivity contribution in [1.82, 2.24) is 10.6 Å². The molecular formula is C27H26N2O6. The van der Waals surface area contributed by atoms with Crippen LogP contribution in [0.25, 0.3) is 11.1 Å². The molecule has 0 fully saturated rings. The summed E-state index contributed by atoms with van der Waals surface area (Å²) in [6.07, 6.45) is -0.673. The molecule has 0 aliphatic heterocycles. The first-order valence-corrected chi connectivity index (χ1v) is 11.3. The minimum absolute atomic E-state index is 0.0773. The van der Waals surface area contributed by atoms with Gasteiger partial charge < -0.3 is 25.6 Å². The maximum atomic E-state index is 12.8. The third-order valence-electron chi connectivity index (χ3n) is 6.03. The SMILES string of the molecule is O=C(NC(Cc1ccccc1)C(=O)NC(CO)C(=O)O)OCC1c2ccccc2-c2ccccc21. The van der Waals surface area contributed by atoms with E-state index < -0.39 is 36.7 Å². The maximum absolute atomic E-state index is 12.8. The summed E-state index contributed by atoms with van der Waals surface area (Å²) in [5, 5.41) is 23.2. The van der Waals surface area contributed by atoms with E-state index in [-0.39, 0.29) is 18.9 Å². The number of hydrogen-bond donors (Lipinski definition) is 4. The average molecular weight is 475 g/mol. The number of rotatable bonds is 9. The summed E-state index contributed by atoms with van der Waals surface area (Å²) in [7, 11) is 0. The fraction of sp³-hybridized carbons (Fsp3) is 0.222. The molecule has 0 heterocycles. The summed E-state index contributed by atoms with van der Waals surface area (Å²) in [5.41, 5.74) is 5.09. The van der Waals surface area contributed by atoms with Crippen LogP contribution in [0, 0.1) is 0 Å². The number of carbonyl (C=O) groups excluding carboxylic acids is 2. The third kappa shape index (κ3) is 5.50. The first-order valence-electron chi connectivity index (χ1n) is 11.3. The molecule has 0 radical (unpaired) electrons. The van der Waals surface area contributed by atoms with Gasteiger partial charge in [-0.05, 0) is 27.8 Å². The highest BCUT2D eigenvalue weighted by atomic mass is 16.5. The van der Waals surface area contributed by atoms with Crippen LogP contribution in [-0.4, -0.2) is 53.5 Å². The average Bonchev–Trinajstić information content (AvgIpc) is 3.19. The number of carboxylic acid groups (broad SMARTS) is 1. The molecule has 2 amide bonds. The van der Waals surface area contributed by atoms with E-state index in [9.17, 15) is 19.5 Å². The summed E-state index contributed by atoms with van der Waals surface area (Å²) in [5.74, 6) is -2.25. The second kappa shape index (κ2) is 10.8. The Labute approximate surface area is 202 Å². The Balaban J connectivity index is 1.46. The van der Waals surface area contributed by atoms with Crippen molar-refractivity contribution in [3.05, 3.63) is 95.6 Å². The van der Waals surface area contributed by atoms with E-state index in [0.717, 1.165) is 27.8 Å². The zero-order chi connectivity index (χ0) is 24.8. The van der Waals surface area contributed by atoms with Gasteiger partial charge in [0.1, 0.15) is 18.7 Å². The van der Waals surface area contributed by atoms with Crippen LogP contribution in [0.4, 0.5) is 4.79 Å². The number of aliphatic carboxylic acids is 1. The van der Waals surface area contributed by atoms with Crippen molar-refractivity contribution in [2.45, 2.75) is 24.4 Å². The molecule has 0 aromatic heterocycles. The van der Waals surface area contributed by atoms with Crippen LogP contribution in [0.3, 0.4) is 0 Å². The molecule has 180 valence electrons. The third-order valence-corrected chi connectivity index (χ3v) is 6.03. The fourth-order valence-electron chi connectivity index (χ4n) is 4.30. The molecule has 4 N–H and O–H groups in total. The molecule has 0 spiro atoms. The molecule has 2 unspecified atom stereocenters. The Hall–Kier alpha value is -4.17. The lowest BCUT2D eigenvalue weighted by Crippen LogP contribution is -2.53. The van der Waals surface area contributed by atoms with Crippen molar-refractivity contribution < 1.29 is 29.3 Å². The molecular weight excluding hydrogens is 448 g/mol. The molecule has 35 heavy (non-hydrogen) atoms. The van der Waals surface area contributed by atoms with Crippen LogP contribution in [0.2, 0.25) is 0 Å². The molecule has 1 aliphatic rings. The Kier molecular flexibility index (Phi) is 7.42. The van der Waals surface area contributed by atoms with Gasteiger partial charge in [-0.1, -0.05) is 78.9 Å². The Morgan fingerprint density at radius 1 is 0.800 bits per heavy atom. The van der Waals surface area contributed by atoms with Crippen LogP contribution >= 0.6 is 0 Å². The van der Waals surface area contributed by atoms with E-state index in [1.54, 1.807) is 24.3 Å². The number of aliphatic hydroxyl groups excluding tert-OH is 1. The zero-order valence-electron chi connectivity index (χ0n) is 18.9. The molecule has 4 rings (SSSR count). The highest BCUT2D eigenvalue weighted by Gasteiger charge is 2.30. The summed E-state index contributed by atoms with van der Waals surface area (Å²) < 4.78 is 5.54. The monoisotopic (exact) mass is 474 g/mol. The quantitative estimate of drug-likeness (QED) is 0.378. The van der Waals surface area contributed by atoms with Crippen molar-refractivity contribution in [2.24, 2.45) is 0 Å². The van der Waals surface area contributed by atoms with E-state index in [2.05, 4.69) is 10.6 Å². The number of benzene rings is 3. The Morgan fingerprint density at radius 2 is 1.37 bits per heavy atom. The van der Waals surface area contributed by atoms with Gasteiger partial charge in [0.05, 0.1) is 6.61 Å². The van der Waals surface area contributed by atoms with Crippen molar-refractivity contribution in [1.29, 1.82) is 0 Å². The van der Waals surface area contributed by atoms with Crippen molar-refractivity contribution in [3.8, 4) is 11.1 Å². The van der Waals surface area contributed by atoms with E-state index >= 15 is 0 Å². The Morgan fingerprint density at radius 3 is 1.94 bits per heavy atom. The lowest BCUT2D eigenvalue weighted by Gasteiger charge is -2.21. The molecule has 0 saturated carbocycles. The molecule has 8 nitrogen and oxygen atoms in total. The van der Waals surface area contributed by atoms with Crippen molar-refractivity contribution in [3.63, 3.8) is 0 Å². The predicted octanol–water partition coefficient (Wildman–Crippen LogP) is 2.70. The fourth-order valence-corrected chi connectivity index (χ4v) is 4.30. The minimum atomic E-state index is -1.48. The second-order valence-electron chi connectivity index (χ2n) is 8.29. The van der Waals surface area contributed by atoms with E-state index in [1.807, 2.05) is 54.6 Å². The van der Waals surface area contributed by atoms with Crippen molar-refractivity contribution >= 4 is 18.0 Å². The molecule has 1 aliphatic carbocycles. The smallest absolute Gasteiger partial charge is 0.407 e. The van der Waals surface area contributed by atoms with Crippen LogP contribution in [0.1, 0.15) is 22.6 Å². The van der Waals surface area contributed by atoms with Gasteiger partial charge in [0.25, 0.3) is 0 Å². The number of aliphatic hydroxyl groups is 1. The highest BCUT2D eigenvalue weighted by molar-refractivity contribution is 5.89. The summed E-state index contributed by atoms with van der Waals surface area (Å²) in [6.45, 7) is -0.696. The number of nitrogens with one attached hydrogen (secondary N) is 2. The first kappa shape index (κ1) is 24.0. The maximum Gasteiger partial charge on any atom is 0.407 e. The largest absolute Gasteiger partial charge is 0.480 e. The predicted molar refractivity (Wildman–Crippen MR) is 129 cm³/mol. The van der Waals surface area contributed by atoms with E-state index in [4.69, 9.17) is 9.84 Å². The number of carbonyl (C=O) groups is 3. The van der Waals surface area contributed by atoms with E-state index in [1.165, 1.54) is 0 Å². The van der Waals surface area contributed by atoms with Gasteiger partial charge in [-0.2, -0.15) is 0 Å². The number of ether oxygens (including phenoxy) is 1. The minimum Gasteiger partial charge on any atom is -0.480 e. The Bertz CT molecular complexity index is 1170. The topological polar surface area (TPSA) is 125 Å².